The minimum absolute atomic E-state index is 0.110. The Balaban J connectivity index is 1.70. The summed E-state index contributed by atoms with van der Waals surface area (Å²) in [6.07, 6.45) is 17.3. The molecule has 1 heterocycles. The predicted octanol–water partition coefficient (Wildman–Crippen LogP) is 6.83. The number of unbranched alkanes of at least 4 members (excludes halogenated alkanes) is 7. The molecule has 2 rings (SSSR count). The SMILES string of the molecule is CCCCCCCCCCOC(CCn1ccnc1)c1ccc(Cl)cc1. The molecule has 1 atom stereocenters. The summed E-state index contributed by atoms with van der Waals surface area (Å²) in [4.78, 5) is 4.11. The second kappa shape index (κ2) is 12.9. The molecule has 3 nitrogen and oxygen atoms in total. The molecule has 144 valence electrons. The number of halogens is 1. The third-order valence-electron chi connectivity index (χ3n) is 4.77. The topological polar surface area (TPSA) is 27.1 Å². The Morgan fingerprint density at radius 2 is 1.69 bits per heavy atom. The van der Waals surface area contributed by atoms with Crippen LogP contribution in [0.2, 0.25) is 5.02 Å². The molecule has 0 radical (unpaired) electrons. The maximum absolute atomic E-state index is 6.23. The fourth-order valence-corrected chi connectivity index (χ4v) is 3.30. The van der Waals surface area contributed by atoms with E-state index in [1.165, 1.54) is 50.5 Å². The lowest BCUT2D eigenvalue weighted by molar-refractivity contribution is 0.0410. The summed E-state index contributed by atoms with van der Waals surface area (Å²) in [5.74, 6) is 0. The van der Waals surface area contributed by atoms with Crippen molar-refractivity contribution in [1.29, 1.82) is 0 Å². The number of ether oxygens (including phenoxy) is 1. The Hall–Kier alpha value is -1.32. The fourth-order valence-electron chi connectivity index (χ4n) is 3.17. The van der Waals surface area contributed by atoms with Gasteiger partial charge in [-0.25, -0.2) is 4.98 Å². The highest BCUT2D eigenvalue weighted by atomic mass is 35.5. The van der Waals surface area contributed by atoms with E-state index in [9.17, 15) is 0 Å². The van der Waals surface area contributed by atoms with Crippen LogP contribution >= 0.6 is 11.6 Å². The van der Waals surface area contributed by atoms with Gasteiger partial charge < -0.3 is 9.30 Å². The van der Waals surface area contributed by atoms with Crippen LogP contribution in [0.15, 0.2) is 43.0 Å². The van der Waals surface area contributed by atoms with E-state index in [4.69, 9.17) is 16.3 Å². The average molecular weight is 377 g/mol. The molecule has 0 aliphatic carbocycles. The van der Waals surface area contributed by atoms with Gasteiger partial charge in [-0.2, -0.15) is 0 Å². The van der Waals surface area contributed by atoms with E-state index < -0.39 is 0 Å². The van der Waals surface area contributed by atoms with Crippen LogP contribution in [0, 0.1) is 0 Å². The monoisotopic (exact) mass is 376 g/mol. The smallest absolute Gasteiger partial charge is 0.0945 e. The van der Waals surface area contributed by atoms with E-state index in [0.717, 1.165) is 31.0 Å². The van der Waals surface area contributed by atoms with Crippen LogP contribution in [-0.4, -0.2) is 16.2 Å². The number of benzene rings is 1. The van der Waals surface area contributed by atoms with Crippen LogP contribution in [0.1, 0.15) is 76.4 Å². The molecule has 26 heavy (non-hydrogen) atoms. The Bertz CT molecular complexity index is 568. The van der Waals surface area contributed by atoms with Crippen molar-refractivity contribution in [2.75, 3.05) is 6.61 Å². The number of hydrogen-bond acceptors (Lipinski definition) is 2. The van der Waals surface area contributed by atoms with E-state index in [1.807, 2.05) is 30.9 Å². The highest BCUT2D eigenvalue weighted by molar-refractivity contribution is 6.30. The van der Waals surface area contributed by atoms with Crippen LogP contribution in [0.3, 0.4) is 0 Å². The van der Waals surface area contributed by atoms with E-state index in [0.29, 0.717) is 0 Å². The van der Waals surface area contributed by atoms with Crippen LogP contribution in [0.25, 0.3) is 0 Å². The molecule has 0 aliphatic rings. The second-order valence-corrected chi connectivity index (χ2v) is 7.41. The molecule has 0 amide bonds. The van der Waals surface area contributed by atoms with Gasteiger partial charge in [-0.05, 0) is 30.5 Å². The molecular formula is C22H33ClN2O. The highest BCUT2D eigenvalue weighted by Gasteiger charge is 2.12. The van der Waals surface area contributed by atoms with Crippen molar-refractivity contribution in [3.05, 3.63) is 53.6 Å². The Kier molecular flexibility index (Phi) is 10.4. The Labute approximate surface area is 163 Å². The molecule has 0 saturated carbocycles. The van der Waals surface area contributed by atoms with Crippen LogP contribution < -0.4 is 0 Å². The van der Waals surface area contributed by atoms with Gasteiger partial charge in [-0.15, -0.1) is 0 Å². The lowest BCUT2D eigenvalue weighted by atomic mass is 10.1. The molecule has 0 spiro atoms. The van der Waals surface area contributed by atoms with Gasteiger partial charge in [0, 0.05) is 30.6 Å². The minimum atomic E-state index is 0.110. The van der Waals surface area contributed by atoms with Gasteiger partial charge >= 0.3 is 0 Å². The molecule has 0 N–H and O–H groups in total. The van der Waals surface area contributed by atoms with Gasteiger partial charge in [0.15, 0.2) is 0 Å². The van der Waals surface area contributed by atoms with Crippen LogP contribution in [0.5, 0.6) is 0 Å². The Morgan fingerprint density at radius 3 is 2.35 bits per heavy atom. The van der Waals surface area contributed by atoms with Crippen molar-refractivity contribution in [3.8, 4) is 0 Å². The first kappa shape index (κ1) is 21.0. The van der Waals surface area contributed by atoms with Gasteiger partial charge in [0.05, 0.1) is 12.4 Å². The van der Waals surface area contributed by atoms with E-state index >= 15 is 0 Å². The van der Waals surface area contributed by atoms with Crippen LogP contribution in [-0.2, 0) is 11.3 Å². The molecule has 1 unspecified atom stereocenters. The summed E-state index contributed by atoms with van der Waals surface area (Å²) in [7, 11) is 0. The van der Waals surface area contributed by atoms with Crippen molar-refractivity contribution < 1.29 is 4.74 Å². The normalized spacial score (nSPS) is 12.4. The zero-order chi connectivity index (χ0) is 18.5. The van der Waals surface area contributed by atoms with Crippen molar-refractivity contribution in [1.82, 2.24) is 9.55 Å². The minimum Gasteiger partial charge on any atom is -0.373 e. The quantitative estimate of drug-likeness (QED) is 0.338. The van der Waals surface area contributed by atoms with E-state index in [1.54, 1.807) is 0 Å². The second-order valence-electron chi connectivity index (χ2n) is 6.98. The zero-order valence-electron chi connectivity index (χ0n) is 16.1. The number of imidazole rings is 1. The number of aryl methyl sites for hydroxylation is 1. The Morgan fingerprint density at radius 1 is 1.00 bits per heavy atom. The average Bonchev–Trinajstić information content (AvgIpc) is 3.17. The molecule has 1 aromatic heterocycles. The molecule has 0 aliphatic heterocycles. The number of nitrogens with zero attached hydrogens (tertiary/aromatic N) is 2. The lowest BCUT2D eigenvalue weighted by Crippen LogP contribution is -2.09. The summed E-state index contributed by atoms with van der Waals surface area (Å²) in [5.41, 5.74) is 1.20. The van der Waals surface area contributed by atoms with Crippen LogP contribution in [0.4, 0.5) is 0 Å². The van der Waals surface area contributed by atoms with Crippen molar-refractivity contribution in [2.24, 2.45) is 0 Å². The first-order chi connectivity index (χ1) is 12.8. The summed E-state index contributed by atoms with van der Waals surface area (Å²) < 4.78 is 8.33. The molecule has 1 aromatic carbocycles. The molecule has 4 heteroatoms. The van der Waals surface area contributed by atoms with Crippen molar-refractivity contribution >= 4 is 11.6 Å². The van der Waals surface area contributed by atoms with Gasteiger partial charge in [0.2, 0.25) is 0 Å². The third kappa shape index (κ3) is 8.37. The third-order valence-corrected chi connectivity index (χ3v) is 5.02. The first-order valence-corrected chi connectivity index (χ1v) is 10.5. The highest BCUT2D eigenvalue weighted by Crippen LogP contribution is 2.24. The summed E-state index contributed by atoms with van der Waals surface area (Å²) in [6.45, 7) is 4.00. The molecule has 0 fully saturated rings. The van der Waals surface area contributed by atoms with E-state index in [2.05, 4.69) is 28.6 Å². The van der Waals surface area contributed by atoms with E-state index in [-0.39, 0.29) is 6.10 Å². The van der Waals surface area contributed by atoms with Crippen molar-refractivity contribution in [2.45, 2.75) is 77.4 Å². The number of rotatable bonds is 14. The summed E-state index contributed by atoms with van der Waals surface area (Å²) in [5, 5.41) is 0.769. The molecule has 2 aromatic rings. The molecular weight excluding hydrogens is 344 g/mol. The number of hydrogen-bond donors (Lipinski definition) is 0. The van der Waals surface area contributed by atoms with Gasteiger partial charge in [0.1, 0.15) is 0 Å². The fraction of sp³-hybridized carbons (Fsp3) is 0.591. The summed E-state index contributed by atoms with van der Waals surface area (Å²) >= 11 is 6.03. The standard InChI is InChI=1S/C22H33ClN2O/c1-2-3-4-5-6-7-8-9-18-26-22(14-16-25-17-15-24-19-25)20-10-12-21(23)13-11-20/h10-13,15,17,19,22H,2-9,14,16,18H2,1H3. The first-order valence-electron chi connectivity index (χ1n) is 10.1. The maximum atomic E-state index is 6.23. The number of aromatic nitrogens is 2. The molecule has 0 saturated heterocycles. The van der Waals surface area contributed by atoms with Gasteiger partial charge in [-0.1, -0.05) is 75.6 Å². The van der Waals surface area contributed by atoms with Crippen molar-refractivity contribution in [3.63, 3.8) is 0 Å². The predicted molar refractivity (Wildman–Crippen MR) is 110 cm³/mol. The van der Waals surface area contributed by atoms with Gasteiger partial charge in [-0.3, -0.25) is 0 Å². The summed E-state index contributed by atoms with van der Waals surface area (Å²) in [6, 6.07) is 8.05. The maximum Gasteiger partial charge on any atom is 0.0945 e. The zero-order valence-corrected chi connectivity index (χ0v) is 16.8. The largest absolute Gasteiger partial charge is 0.373 e. The lowest BCUT2D eigenvalue weighted by Gasteiger charge is -2.19. The molecule has 0 bridgehead atoms. The van der Waals surface area contributed by atoms with Gasteiger partial charge in [0.25, 0.3) is 0 Å².